The van der Waals surface area contributed by atoms with E-state index in [9.17, 15) is 0 Å². The molecule has 10 heteroatoms. The summed E-state index contributed by atoms with van der Waals surface area (Å²) in [6.07, 6.45) is 2.42. The summed E-state index contributed by atoms with van der Waals surface area (Å²) >= 11 is 0. The molecule has 0 aliphatic carbocycles. The van der Waals surface area contributed by atoms with Gasteiger partial charge < -0.3 is 29.4 Å². The normalized spacial score (nSPS) is 17.9. The summed E-state index contributed by atoms with van der Waals surface area (Å²) in [5, 5.41) is 15.0. The Hall–Kier alpha value is -2.08. The number of rotatable bonds is 6. The van der Waals surface area contributed by atoms with Gasteiger partial charge in [-0.05, 0) is 37.5 Å². The molecule has 0 saturated carbocycles. The number of aryl methyl sites for hydroxylation is 1. The molecule has 1 aromatic carbocycles. The lowest BCUT2D eigenvalue weighted by Gasteiger charge is -2.15. The SMILES string of the molecule is Cc1nnc(CNC(=NCc2ccc3c(c2)OCO3)NCC2CCCO2)n1C.I. The van der Waals surface area contributed by atoms with Crippen LogP contribution in [-0.2, 0) is 24.9 Å². The van der Waals surface area contributed by atoms with Gasteiger partial charge in [-0.3, -0.25) is 0 Å². The van der Waals surface area contributed by atoms with Crippen molar-refractivity contribution in [2.24, 2.45) is 12.0 Å². The number of aliphatic imine (C=N–C) groups is 1. The lowest BCUT2D eigenvalue weighted by atomic mass is 10.2. The van der Waals surface area contributed by atoms with Crippen LogP contribution >= 0.6 is 24.0 Å². The van der Waals surface area contributed by atoms with E-state index in [1.165, 1.54) is 0 Å². The second-order valence-electron chi connectivity index (χ2n) is 6.94. The van der Waals surface area contributed by atoms with Crippen molar-refractivity contribution in [3.05, 3.63) is 35.4 Å². The lowest BCUT2D eigenvalue weighted by molar-refractivity contribution is 0.113. The van der Waals surface area contributed by atoms with Crippen molar-refractivity contribution in [1.29, 1.82) is 0 Å². The zero-order chi connectivity index (χ0) is 19.3. The monoisotopic (exact) mass is 514 g/mol. The van der Waals surface area contributed by atoms with Gasteiger partial charge in [-0.1, -0.05) is 6.07 Å². The van der Waals surface area contributed by atoms with Gasteiger partial charge in [0.1, 0.15) is 5.82 Å². The van der Waals surface area contributed by atoms with Crippen molar-refractivity contribution < 1.29 is 14.2 Å². The van der Waals surface area contributed by atoms with Crippen molar-refractivity contribution in [3.8, 4) is 11.5 Å². The largest absolute Gasteiger partial charge is 0.454 e. The van der Waals surface area contributed by atoms with Crippen molar-refractivity contribution in [2.45, 2.75) is 39.0 Å². The number of benzene rings is 1. The summed E-state index contributed by atoms with van der Waals surface area (Å²) in [4.78, 5) is 4.72. The zero-order valence-electron chi connectivity index (χ0n) is 16.7. The van der Waals surface area contributed by atoms with Crippen LogP contribution in [0, 0.1) is 6.92 Å². The molecule has 158 valence electrons. The highest BCUT2D eigenvalue weighted by atomic mass is 127. The van der Waals surface area contributed by atoms with Crippen LogP contribution in [-0.4, -0.2) is 46.8 Å². The van der Waals surface area contributed by atoms with Crippen LogP contribution < -0.4 is 20.1 Å². The fourth-order valence-corrected chi connectivity index (χ4v) is 3.17. The van der Waals surface area contributed by atoms with Gasteiger partial charge in [0.2, 0.25) is 6.79 Å². The number of nitrogens with zero attached hydrogens (tertiary/aromatic N) is 4. The molecule has 2 N–H and O–H groups in total. The van der Waals surface area contributed by atoms with E-state index in [0.29, 0.717) is 19.0 Å². The fourth-order valence-electron chi connectivity index (χ4n) is 3.17. The molecule has 3 heterocycles. The predicted octanol–water partition coefficient (Wildman–Crippen LogP) is 1.88. The lowest BCUT2D eigenvalue weighted by Crippen LogP contribution is -2.41. The Morgan fingerprint density at radius 2 is 2.10 bits per heavy atom. The van der Waals surface area contributed by atoms with Crippen molar-refractivity contribution in [1.82, 2.24) is 25.4 Å². The van der Waals surface area contributed by atoms with Gasteiger partial charge in [0, 0.05) is 20.2 Å². The molecule has 0 amide bonds. The van der Waals surface area contributed by atoms with Gasteiger partial charge in [0.05, 0.1) is 19.2 Å². The number of nitrogens with one attached hydrogen (secondary N) is 2. The Balaban J connectivity index is 0.00000240. The molecule has 1 saturated heterocycles. The van der Waals surface area contributed by atoms with Crippen molar-refractivity contribution in [3.63, 3.8) is 0 Å². The van der Waals surface area contributed by atoms with Gasteiger partial charge in [0.25, 0.3) is 0 Å². The van der Waals surface area contributed by atoms with E-state index in [1.807, 2.05) is 36.7 Å². The Labute approximate surface area is 187 Å². The summed E-state index contributed by atoms with van der Waals surface area (Å²) in [5.74, 6) is 3.99. The first-order chi connectivity index (χ1) is 13.7. The smallest absolute Gasteiger partial charge is 0.231 e. The second kappa shape index (κ2) is 10.1. The van der Waals surface area contributed by atoms with Gasteiger partial charge in [-0.2, -0.15) is 0 Å². The van der Waals surface area contributed by atoms with Crippen LogP contribution in [0.5, 0.6) is 11.5 Å². The molecule has 1 unspecified atom stereocenters. The maximum atomic E-state index is 5.70. The van der Waals surface area contributed by atoms with Crippen LogP contribution in [0.2, 0.25) is 0 Å². The van der Waals surface area contributed by atoms with Crippen LogP contribution in [0.3, 0.4) is 0 Å². The number of ether oxygens (including phenoxy) is 3. The van der Waals surface area contributed by atoms with E-state index in [2.05, 4.69) is 20.8 Å². The Bertz CT molecular complexity index is 850. The Morgan fingerprint density at radius 3 is 2.86 bits per heavy atom. The van der Waals surface area contributed by atoms with Gasteiger partial charge in [-0.15, -0.1) is 34.2 Å². The van der Waals surface area contributed by atoms with E-state index in [0.717, 1.165) is 54.7 Å². The van der Waals surface area contributed by atoms with Crippen LogP contribution in [0.15, 0.2) is 23.2 Å². The molecule has 1 atom stereocenters. The summed E-state index contributed by atoms with van der Waals surface area (Å²) in [6.45, 7) is 4.83. The maximum absolute atomic E-state index is 5.70. The van der Waals surface area contributed by atoms with E-state index >= 15 is 0 Å². The minimum Gasteiger partial charge on any atom is -0.454 e. The zero-order valence-corrected chi connectivity index (χ0v) is 19.0. The molecule has 0 bridgehead atoms. The molecule has 9 nitrogen and oxygen atoms in total. The van der Waals surface area contributed by atoms with Crippen LogP contribution in [0.25, 0.3) is 0 Å². The van der Waals surface area contributed by atoms with Gasteiger partial charge in [0.15, 0.2) is 23.3 Å². The van der Waals surface area contributed by atoms with Gasteiger partial charge in [-0.25, -0.2) is 4.99 Å². The topological polar surface area (TPSA) is 94.8 Å². The molecule has 0 spiro atoms. The molecule has 2 aliphatic rings. The second-order valence-corrected chi connectivity index (χ2v) is 6.94. The first-order valence-corrected chi connectivity index (χ1v) is 9.56. The number of halogens is 1. The van der Waals surface area contributed by atoms with E-state index in [4.69, 9.17) is 19.2 Å². The Kier molecular flexibility index (Phi) is 7.53. The summed E-state index contributed by atoms with van der Waals surface area (Å²) < 4.78 is 18.5. The first kappa shape index (κ1) is 21.6. The average molecular weight is 514 g/mol. The molecule has 4 rings (SSSR count). The number of hydrogen-bond acceptors (Lipinski definition) is 6. The van der Waals surface area contributed by atoms with Crippen molar-refractivity contribution >= 4 is 29.9 Å². The van der Waals surface area contributed by atoms with Crippen molar-refractivity contribution in [2.75, 3.05) is 19.9 Å². The third kappa shape index (κ3) is 5.50. The third-order valence-electron chi connectivity index (χ3n) is 4.97. The number of guanidine groups is 1. The number of hydrogen-bond donors (Lipinski definition) is 2. The molecular weight excluding hydrogens is 487 g/mol. The molecule has 29 heavy (non-hydrogen) atoms. The van der Waals surface area contributed by atoms with Crippen LogP contribution in [0.4, 0.5) is 0 Å². The minimum atomic E-state index is 0. The van der Waals surface area contributed by atoms with E-state index < -0.39 is 0 Å². The molecule has 2 aliphatic heterocycles. The molecule has 1 aromatic heterocycles. The van der Waals surface area contributed by atoms with Gasteiger partial charge >= 0.3 is 0 Å². The Morgan fingerprint density at radius 1 is 1.24 bits per heavy atom. The molecule has 0 radical (unpaired) electrons. The number of fused-ring (bicyclic) bond motifs is 1. The molecular formula is C19H27IN6O3. The predicted molar refractivity (Wildman–Crippen MR) is 119 cm³/mol. The number of aromatic nitrogens is 3. The summed E-state index contributed by atoms with van der Waals surface area (Å²) in [7, 11) is 1.95. The highest BCUT2D eigenvalue weighted by Crippen LogP contribution is 2.32. The third-order valence-corrected chi connectivity index (χ3v) is 4.97. The van der Waals surface area contributed by atoms with E-state index in [1.54, 1.807) is 0 Å². The summed E-state index contributed by atoms with van der Waals surface area (Å²) in [5.41, 5.74) is 1.05. The highest BCUT2D eigenvalue weighted by Gasteiger charge is 2.16. The standard InChI is InChI=1S/C19H26N6O3.HI/c1-13-23-24-18(25(13)2)11-22-19(21-10-15-4-3-7-26-15)20-9-14-5-6-16-17(8-14)28-12-27-16;/h5-6,8,15H,3-4,7,9-12H2,1-2H3,(H2,20,21,22);1H. The summed E-state index contributed by atoms with van der Waals surface area (Å²) in [6, 6.07) is 5.89. The van der Waals surface area contributed by atoms with E-state index in [-0.39, 0.29) is 36.9 Å². The van der Waals surface area contributed by atoms with Crippen LogP contribution in [0.1, 0.15) is 30.1 Å². The quantitative estimate of drug-likeness (QED) is 0.346. The molecule has 1 fully saturated rings. The average Bonchev–Trinajstić information content (AvgIpc) is 3.44. The highest BCUT2D eigenvalue weighted by molar-refractivity contribution is 14.0. The first-order valence-electron chi connectivity index (χ1n) is 9.56. The maximum Gasteiger partial charge on any atom is 0.231 e. The fraction of sp³-hybridized carbons (Fsp3) is 0.526. The minimum absolute atomic E-state index is 0. The molecule has 2 aromatic rings.